The molecule has 0 unspecified atom stereocenters. The fourth-order valence-corrected chi connectivity index (χ4v) is 2.41. The first-order valence-corrected chi connectivity index (χ1v) is 7.42. The summed E-state index contributed by atoms with van der Waals surface area (Å²) in [6, 6.07) is 12.8. The number of likely N-dealkylation sites (N-methyl/N-ethyl adjacent to an activating group) is 1. The van der Waals surface area contributed by atoms with Crippen LogP contribution in [-0.4, -0.2) is 26.2 Å². The van der Waals surface area contributed by atoms with E-state index in [1.54, 1.807) is 24.1 Å². The van der Waals surface area contributed by atoms with Gasteiger partial charge in [0.05, 0.1) is 6.42 Å². The van der Waals surface area contributed by atoms with Gasteiger partial charge in [-0.3, -0.25) is 4.79 Å². The Hall–Kier alpha value is -2.20. The summed E-state index contributed by atoms with van der Waals surface area (Å²) in [5, 5.41) is 0.663. The van der Waals surface area contributed by atoms with E-state index in [1.807, 2.05) is 30.3 Å². The van der Waals surface area contributed by atoms with E-state index in [2.05, 4.69) is 0 Å². The molecular weight excluding hydrogens is 302 g/mol. The molecule has 4 nitrogen and oxygen atoms in total. The van der Waals surface area contributed by atoms with Crippen molar-refractivity contribution >= 4 is 23.2 Å². The average Bonchev–Trinajstić information content (AvgIpc) is 2.55. The highest BCUT2D eigenvalue weighted by Crippen LogP contribution is 2.33. The largest absolute Gasteiger partial charge is 0.486 e. The molecule has 2 aromatic carbocycles. The Bertz CT molecular complexity index is 685. The molecule has 1 aliphatic heterocycles. The number of carbonyl (C=O) groups excluding carboxylic acids is 1. The molecule has 1 aliphatic rings. The lowest BCUT2D eigenvalue weighted by atomic mass is 10.1. The van der Waals surface area contributed by atoms with Crippen LogP contribution in [0, 0.1) is 0 Å². The Labute approximate surface area is 134 Å². The summed E-state index contributed by atoms with van der Waals surface area (Å²) in [4.78, 5) is 14.0. The number of carbonyl (C=O) groups is 1. The molecule has 0 aromatic heterocycles. The van der Waals surface area contributed by atoms with Crippen LogP contribution in [0.5, 0.6) is 11.5 Å². The number of benzene rings is 2. The van der Waals surface area contributed by atoms with Crippen LogP contribution in [0.25, 0.3) is 0 Å². The molecule has 22 heavy (non-hydrogen) atoms. The Kier molecular flexibility index (Phi) is 4.20. The first-order valence-electron chi connectivity index (χ1n) is 7.04. The number of hydrogen-bond acceptors (Lipinski definition) is 3. The molecule has 0 spiro atoms. The molecular formula is C17H16ClNO3. The molecule has 0 bridgehead atoms. The zero-order valence-corrected chi connectivity index (χ0v) is 13.0. The summed E-state index contributed by atoms with van der Waals surface area (Å²) in [5.41, 5.74) is 1.71. The zero-order chi connectivity index (χ0) is 15.5. The number of rotatable bonds is 3. The van der Waals surface area contributed by atoms with E-state index in [4.69, 9.17) is 21.1 Å². The van der Waals surface area contributed by atoms with Crippen molar-refractivity contribution in [1.29, 1.82) is 0 Å². The third kappa shape index (κ3) is 3.17. The van der Waals surface area contributed by atoms with E-state index in [0.717, 1.165) is 11.3 Å². The standard InChI is InChI=1S/C17H16ClNO3/c1-19(17(20)10-12-2-4-13(18)5-3-12)14-6-7-15-16(11-14)22-9-8-21-15/h2-7,11H,8-10H2,1H3. The van der Waals surface area contributed by atoms with Crippen LogP contribution in [0.4, 0.5) is 5.69 Å². The third-order valence-corrected chi connectivity index (χ3v) is 3.81. The van der Waals surface area contributed by atoms with Crippen LogP contribution in [0.15, 0.2) is 42.5 Å². The molecule has 0 fully saturated rings. The number of nitrogens with zero attached hydrogens (tertiary/aromatic N) is 1. The van der Waals surface area contributed by atoms with Crippen LogP contribution >= 0.6 is 11.6 Å². The van der Waals surface area contributed by atoms with Gasteiger partial charge in [0.25, 0.3) is 0 Å². The predicted octanol–water partition coefficient (Wildman–Crippen LogP) is 3.32. The predicted molar refractivity (Wildman–Crippen MR) is 86.0 cm³/mol. The summed E-state index contributed by atoms with van der Waals surface area (Å²) in [5.74, 6) is 1.39. The molecule has 114 valence electrons. The van der Waals surface area contributed by atoms with Gasteiger partial charge in [-0.1, -0.05) is 23.7 Å². The molecule has 5 heteroatoms. The van der Waals surface area contributed by atoms with E-state index < -0.39 is 0 Å². The Morgan fingerprint density at radius 3 is 2.50 bits per heavy atom. The minimum atomic E-state index is -0.000926. The smallest absolute Gasteiger partial charge is 0.231 e. The molecule has 0 saturated carbocycles. The SMILES string of the molecule is CN(C(=O)Cc1ccc(Cl)cc1)c1ccc2c(c1)OCCO2. The number of anilines is 1. The monoisotopic (exact) mass is 317 g/mol. The zero-order valence-electron chi connectivity index (χ0n) is 12.2. The Balaban J connectivity index is 1.73. The summed E-state index contributed by atoms with van der Waals surface area (Å²) < 4.78 is 11.0. The first kappa shape index (κ1) is 14.7. The van der Waals surface area contributed by atoms with E-state index in [-0.39, 0.29) is 5.91 Å². The van der Waals surface area contributed by atoms with Crippen LogP contribution in [-0.2, 0) is 11.2 Å². The third-order valence-electron chi connectivity index (χ3n) is 3.56. The summed E-state index contributed by atoms with van der Waals surface area (Å²) in [6.07, 6.45) is 0.322. The molecule has 0 saturated heterocycles. The molecule has 1 heterocycles. The molecule has 0 radical (unpaired) electrons. The van der Waals surface area contributed by atoms with Gasteiger partial charge in [-0.15, -0.1) is 0 Å². The van der Waals surface area contributed by atoms with E-state index in [9.17, 15) is 4.79 Å². The second kappa shape index (κ2) is 6.28. The van der Waals surface area contributed by atoms with Crippen molar-refractivity contribution in [3.8, 4) is 11.5 Å². The topological polar surface area (TPSA) is 38.8 Å². The van der Waals surface area contributed by atoms with Crippen LogP contribution in [0.3, 0.4) is 0 Å². The molecule has 2 aromatic rings. The number of amides is 1. The number of fused-ring (bicyclic) bond motifs is 1. The van der Waals surface area contributed by atoms with Gasteiger partial charge in [0, 0.05) is 23.8 Å². The van der Waals surface area contributed by atoms with Crippen molar-refractivity contribution in [2.24, 2.45) is 0 Å². The highest BCUT2D eigenvalue weighted by Gasteiger charge is 2.16. The van der Waals surface area contributed by atoms with Crippen molar-refractivity contribution in [2.45, 2.75) is 6.42 Å². The van der Waals surface area contributed by atoms with Crippen molar-refractivity contribution < 1.29 is 14.3 Å². The van der Waals surface area contributed by atoms with Gasteiger partial charge >= 0.3 is 0 Å². The number of ether oxygens (including phenoxy) is 2. The molecule has 1 amide bonds. The van der Waals surface area contributed by atoms with Crippen LogP contribution in [0.1, 0.15) is 5.56 Å². The maximum Gasteiger partial charge on any atom is 0.231 e. The van der Waals surface area contributed by atoms with Crippen molar-refractivity contribution in [2.75, 3.05) is 25.2 Å². The minimum Gasteiger partial charge on any atom is -0.486 e. The summed E-state index contributed by atoms with van der Waals surface area (Å²) in [6.45, 7) is 1.08. The average molecular weight is 318 g/mol. The van der Waals surface area contributed by atoms with Crippen LogP contribution < -0.4 is 14.4 Å². The molecule has 0 aliphatic carbocycles. The fraction of sp³-hybridized carbons (Fsp3) is 0.235. The van der Waals surface area contributed by atoms with Crippen molar-refractivity contribution in [1.82, 2.24) is 0 Å². The van der Waals surface area contributed by atoms with Gasteiger partial charge in [-0.25, -0.2) is 0 Å². The van der Waals surface area contributed by atoms with Gasteiger partial charge in [0.1, 0.15) is 13.2 Å². The second-order valence-corrected chi connectivity index (χ2v) is 5.52. The highest BCUT2D eigenvalue weighted by atomic mass is 35.5. The Morgan fingerprint density at radius 2 is 1.77 bits per heavy atom. The quantitative estimate of drug-likeness (QED) is 0.871. The molecule has 3 rings (SSSR count). The van der Waals surface area contributed by atoms with E-state index in [1.165, 1.54) is 0 Å². The van der Waals surface area contributed by atoms with Gasteiger partial charge in [0.2, 0.25) is 5.91 Å². The van der Waals surface area contributed by atoms with Gasteiger partial charge in [-0.2, -0.15) is 0 Å². The first-order chi connectivity index (χ1) is 10.6. The summed E-state index contributed by atoms with van der Waals surface area (Å²) >= 11 is 5.85. The normalized spacial score (nSPS) is 12.8. The lowest BCUT2D eigenvalue weighted by Crippen LogP contribution is -2.28. The Morgan fingerprint density at radius 1 is 1.09 bits per heavy atom. The molecule has 0 N–H and O–H groups in total. The fourth-order valence-electron chi connectivity index (χ4n) is 2.28. The van der Waals surface area contributed by atoms with Crippen molar-refractivity contribution in [3.63, 3.8) is 0 Å². The van der Waals surface area contributed by atoms with E-state index >= 15 is 0 Å². The lowest BCUT2D eigenvalue weighted by molar-refractivity contribution is -0.117. The van der Waals surface area contributed by atoms with Gasteiger partial charge < -0.3 is 14.4 Å². The van der Waals surface area contributed by atoms with Crippen molar-refractivity contribution in [3.05, 3.63) is 53.1 Å². The van der Waals surface area contributed by atoms with E-state index in [0.29, 0.717) is 36.2 Å². The lowest BCUT2D eigenvalue weighted by Gasteiger charge is -2.22. The van der Waals surface area contributed by atoms with Crippen LogP contribution in [0.2, 0.25) is 5.02 Å². The van der Waals surface area contributed by atoms with Gasteiger partial charge in [-0.05, 0) is 29.8 Å². The second-order valence-electron chi connectivity index (χ2n) is 5.08. The highest BCUT2D eigenvalue weighted by molar-refractivity contribution is 6.30. The molecule has 0 atom stereocenters. The number of hydrogen-bond donors (Lipinski definition) is 0. The maximum absolute atomic E-state index is 12.4. The minimum absolute atomic E-state index is 0.000926. The number of halogens is 1. The van der Waals surface area contributed by atoms with Gasteiger partial charge in [0.15, 0.2) is 11.5 Å². The summed E-state index contributed by atoms with van der Waals surface area (Å²) in [7, 11) is 1.75. The maximum atomic E-state index is 12.4.